The minimum atomic E-state index is -0.819. The molecule has 0 spiro atoms. The van der Waals surface area contributed by atoms with Gasteiger partial charge in [0.25, 0.3) is 5.56 Å². The number of carbonyl (C=O) groups excluding carboxylic acids is 1. The van der Waals surface area contributed by atoms with E-state index in [1.165, 1.54) is 0 Å². The van der Waals surface area contributed by atoms with Gasteiger partial charge in [-0.15, -0.1) is 0 Å². The number of aromatic nitrogens is 3. The average molecular weight is 426 g/mol. The molecule has 2 aromatic heterocycles. The quantitative estimate of drug-likeness (QED) is 0.779. The lowest BCUT2D eigenvalue weighted by Crippen LogP contribution is -2.56. The Morgan fingerprint density at radius 2 is 1.97 bits per heavy atom. The fraction of sp³-hybridized carbons (Fsp3) is 0.565. The second kappa shape index (κ2) is 9.28. The molecule has 8 heteroatoms. The lowest BCUT2D eigenvalue weighted by Gasteiger charge is -2.43. The Hall–Kier alpha value is -2.58. The molecule has 0 bridgehead atoms. The molecule has 0 saturated carbocycles. The Balaban J connectivity index is 1.30. The highest BCUT2D eigenvalue weighted by molar-refractivity contribution is 5.73. The maximum Gasteiger partial charge on any atom is 0.253 e. The van der Waals surface area contributed by atoms with Crippen LogP contribution < -0.4 is 5.56 Å². The van der Waals surface area contributed by atoms with Gasteiger partial charge < -0.3 is 14.9 Å². The van der Waals surface area contributed by atoms with E-state index in [2.05, 4.69) is 14.9 Å². The van der Waals surface area contributed by atoms with Gasteiger partial charge in [-0.2, -0.15) is 0 Å². The Labute approximate surface area is 182 Å². The molecule has 1 N–H and O–H groups in total. The van der Waals surface area contributed by atoms with Crippen LogP contribution in [-0.4, -0.2) is 73.7 Å². The lowest BCUT2D eigenvalue weighted by molar-refractivity contribution is -0.137. The van der Waals surface area contributed by atoms with Crippen LogP contribution in [0.2, 0.25) is 0 Å². The number of rotatable bonds is 5. The molecule has 2 aliphatic heterocycles. The van der Waals surface area contributed by atoms with Gasteiger partial charge in [-0.3, -0.25) is 19.1 Å². The third kappa shape index (κ3) is 5.37. The van der Waals surface area contributed by atoms with E-state index in [-0.39, 0.29) is 11.5 Å². The SMILES string of the molecule is CC(=O)N1CCCC(O)(CN2CCC(Cn3cnc(-c4ccncc4)cc3=O)CC2)C1. The number of carbonyl (C=O) groups is 1. The first kappa shape index (κ1) is 21.6. The van der Waals surface area contributed by atoms with Crippen LogP contribution in [0.4, 0.5) is 0 Å². The van der Waals surface area contributed by atoms with Gasteiger partial charge in [0.05, 0.1) is 24.2 Å². The molecule has 0 radical (unpaired) electrons. The maximum atomic E-state index is 12.6. The normalized spacial score (nSPS) is 23.1. The molecule has 0 aromatic carbocycles. The van der Waals surface area contributed by atoms with Crippen molar-refractivity contribution in [3.05, 3.63) is 47.3 Å². The standard InChI is InChI=1S/C23H31N5O3/c1-18(29)27-10-2-7-23(31,16-27)15-26-11-5-19(6-12-26)14-28-17-25-21(13-22(28)30)20-3-8-24-9-4-20/h3-4,8-9,13,17,19,31H,2,5-7,10-12,14-16H2,1H3. The zero-order valence-electron chi connectivity index (χ0n) is 18.1. The summed E-state index contributed by atoms with van der Waals surface area (Å²) < 4.78 is 1.70. The fourth-order valence-corrected chi connectivity index (χ4v) is 4.78. The Kier molecular flexibility index (Phi) is 6.48. The Morgan fingerprint density at radius 3 is 2.65 bits per heavy atom. The van der Waals surface area contributed by atoms with Crippen molar-refractivity contribution >= 4 is 5.91 Å². The number of aliphatic hydroxyl groups is 1. The Bertz CT molecular complexity index is 955. The molecule has 1 unspecified atom stereocenters. The molecule has 166 valence electrons. The second-order valence-electron chi connectivity index (χ2n) is 8.99. The summed E-state index contributed by atoms with van der Waals surface area (Å²) in [6.45, 7) is 5.78. The molecule has 1 atom stereocenters. The summed E-state index contributed by atoms with van der Waals surface area (Å²) in [5.41, 5.74) is 0.695. The summed E-state index contributed by atoms with van der Waals surface area (Å²) in [6.07, 6.45) is 8.57. The Morgan fingerprint density at radius 1 is 1.23 bits per heavy atom. The van der Waals surface area contributed by atoms with E-state index >= 15 is 0 Å². The van der Waals surface area contributed by atoms with Crippen molar-refractivity contribution in [2.75, 3.05) is 32.7 Å². The van der Waals surface area contributed by atoms with Crippen LogP contribution in [0.3, 0.4) is 0 Å². The van der Waals surface area contributed by atoms with Crippen molar-refractivity contribution < 1.29 is 9.90 Å². The largest absolute Gasteiger partial charge is 0.387 e. The predicted octanol–water partition coefficient (Wildman–Crippen LogP) is 1.39. The molecule has 1 amide bonds. The van der Waals surface area contributed by atoms with Gasteiger partial charge in [0, 0.05) is 50.6 Å². The minimum absolute atomic E-state index is 0.0332. The highest BCUT2D eigenvalue weighted by Gasteiger charge is 2.36. The van der Waals surface area contributed by atoms with Crippen LogP contribution in [0.15, 0.2) is 41.7 Å². The van der Waals surface area contributed by atoms with Crippen LogP contribution in [0.1, 0.15) is 32.6 Å². The van der Waals surface area contributed by atoms with Crippen molar-refractivity contribution in [1.29, 1.82) is 0 Å². The fourth-order valence-electron chi connectivity index (χ4n) is 4.78. The van der Waals surface area contributed by atoms with Crippen LogP contribution in [0, 0.1) is 5.92 Å². The van der Waals surface area contributed by atoms with Crippen molar-refractivity contribution in [1.82, 2.24) is 24.3 Å². The van der Waals surface area contributed by atoms with E-state index in [9.17, 15) is 14.7 Å². The highest BCUT2D eigenvalue weighted by atomic mass is 16.3. The molecule has 31 heavy (non-hydrogen) atoms. The van der Waals surface area contributed by atoms with Gasteiger partial charge in [0.2, 0.25) is 5.91 Å². The van der Waals surface area contributed by atoms with Crippen molar-refractivity contribution in [2.24, 2.45) is 5.92 Å². The summed E-state index contributed by atoms with van der Waals surface area (Å²) in [6, 6.07) is 5.28. The second-order valence-corrected chi connectivity index (χ2v) is 8.99. The number of pyridine rings is 1. The summed E-state index contributed by atoms with van der Waals surface area (Å²) in [4.78, 5) is 36.8. The lowest BCUT2D eigenvalue weighted by atomic mass is 9.90. The molecule has 2 saturated heterocycles. The first-order valence-corrected chi connectivity index (χ1v) is 11.1. The monoisotopic (exact) mass is 425 g/mol. The molecule has 2 aliphatic rings. The van der Waals surface area contributed by atoms with Crippen LogP contribution in [-0.2, 0) is 11.3 Å². The number of hydrogen-bond donors (Lipinski definition) is 1. The number of likely N-dealkylation sites (tertiary alicyclic amines) is 2. The molecular formula is C23H31N5O3. The van der Waals surface area contributed by atoms with E-state index in [0.29, 0.717) is 31.2 Å². The zero-order valence-corrected chi connectivity index (χ0v) is 18.1. The maximum absolute atomic E-state index is 12.6. The topological polar surface area (TPSA) is 91.6 Å². The van der Waals surface area contributed by atoms with E-state index in [4.69, 9.17) is 0 Å². The summed E-state index contributed by atoms with van der Waals surface area (Å²) in [7, 11) is 0. The summed E-state index contributed by atoms with van der Waals surface area (Å²) in [5, 5.41) is 11.0. The molecule has 8 nitrogen and oxygen atoms in total. The van der Waals surface area contributed by atoms with Crippen LogP contribution >= 0.6 is 0 Å². The van der Waals surface area contributed by atoms with E-state index in [1.54, 1.807) is 41.2 Å². The first-order chi connectivity index (χ1) is 14.9. The van der Waals surface area contributed by atoms with Gasteiger partial charge in [-0.1, -0.05) is 0 Å². The van der Waals surface area contributed by atoms with Crippen molar-refractivity contribution in [2.45, 2.75) is 44.8 Å². The molecule has 2 aromatic rings. The van der Waals surface area contributed by atoms with E-state index in [1.807, 2.05) is 12.1 Å². The zero-order chi connectivity index (χ0) is 21.8. The average Bonchev–Trinajstić information content (AvgIpc) is 2.77. The number of β-amino-alcohol motifs (C(OH)–C–C–N with tert-alkyl or cyclic N) is 1. The van der Waals surface area contributed by atoms with E-state index in [0.717, 1.165) is 50.9 Å². The highest BCUT2D eigenvalue weighted by Crippen LogP contribution is 2.26. The number of amides is 1. The summed E-state index contributed by atoms with van der Waals surface area (Å²) >= 11 is 0. The van der Waals surface area contributed by atoms with Crippen LogP contribution in [0.25, 0.3) is 11.3 Å². The first-order valence-electron chi connectivity index (χ1n) is 11.1. The molecule has 4 heterocycles. The number of nitrogens with zero attached hydrogens (tertiary/aromatic N) is 5. The number of piperidine rings is 2. The predicted molar refractivity (Wildman–Crippen MR) is 117 cm³/mol. The van der Waals surface area contributed by atoms with Crippen molar-refractivity contribution in [3.8, 4) is 11.3 Å². The van der Waals surface area contributed by atoms with Crippen LogP contribution in [0.5, 0.6) is 0 Å². The molecule has 2 fully saturated rings. The van der Waals surface area contributed by atoms with Gasteiger partial charge in [0.1, 0.15) is 0 Å². The van der Waals surface area contributed by atoms with E-state index < -0.39 is 5.60 Å². The molecule has 4 rings (SSSR count). The minimum Gasteiger partial charge on any atom is -0.387 e. The third-order valence-electron chi connectivity index (χ3n) is 6.54. The molecular weight excluding hydrogens is 394 g/mol. The third-order valence-corrected chi connectivity index (χ3v) is 6.54. The van der Waals surface area contributed by atoms with Crippen molar-refractivity contribution in [3.63, 3.8) is 0 Å². The smallest absolute Gasteiger partial charge is 0.253 e. The van der Waals surface area contributed by atoms with Gasteiger partial charge in [0.15, 0.2) is 0 Å². The van der Waals surface area contributed by atoms with Gasteiger partial charge >= 0.3 is 0 Å². The van der Waals surface area contributed by atoms with Gasteiger partial charge in [-0.05, 0) is 56.8 Å². The number of hydrogen-bond acceptors (Lipinski definition) is 6. The summed E-state index contributed by atoms with van der Waals surface area (Å²) in [5.74, 6) is 0.447. The molecule has 0 aliphatic carbocycles. The van der Waals surface area contributed by atoms with Gasteiger partial charge in [-0.25, -0.2) is 4.98 Å².